The molecule has 1 atom stereocenters. The van der Waals surface area contributed by atoms with Gasteiger partial charge in [-0.1, -0.05) is 18.2 Å². The van der Waals surface area contributed by atoms with E-state index in [1.54, 1.807) is 18.2 Å². The zero-order valence-corrected chi connectivity index (χ0v) is 13.7. The molecule has 2 aliphatic rings. The molecular weight excluding hydrogens is 316 g/mol. The molecule has 1 aromatic heterocycles. The van der Waals surface area contributed by atoms with Gasteiger partial charge in [0.25, 0.3) is 5.91 Å². The van der Waals surface area contributed by atoms with Gasteiger partial charge in [-0.15, -0.1) is 0 Å². The van der Waals surface area contributed by atoms with Crippen LogP contribution in [0.4, 0.5) is 0 Å². The highest BCUT2D eigenvalue weighted by Crippen LogP contribution is 2.36. The lowest BCUT2D eigenvalue weighted by Gasteiger charge is -2.24. The topological polar surface area (TPSA) is 63.4 Å². The SMILES string of the molecule is O=C(N[C@@H]1CCCc2c1[nH]c1ccccc21)c1ccc2c(c1)OCO2. The van der Waals surface area contributed by atoms with Crippen molar-refractivity contribution in [3.05, 3.63) is 59.3 Å². The van der Waals surface area contributed by atoms with Crippen LogP contribution in [0.15, 0.2) is 42.5 Å². The average Bonchev–Trinajstić information content (AvgIpc) is 3.26. The Morgan fingerprint density at radius 3 is 2.96 bits per heavy atom. The minimum absolute atomic E-state index is 0.00840. The summed E-state index contributed by atoms with van der Waals surface area (Å²) in [7, 11) is 0. The maximum atomic E-state index is 12.7. The number of rotatable bonds is 2. The van der Waals surface area contributed by atoms with Crippen molar-refractivity contribution in [2.24, 2.45) is 0 Å². The predicted molar refractivity (Wildman–Crippen MR) is 94.0 cm³/mol. The van der Waals surface area contributed by atoms with Gasteiger partial charge in [-0.2, -0.15) is 0 Å². The van der Waals surface area contributed by atoms with Gasteiger partial charge in [0.15, 0.2) is 11.5 Å². The summed E-state index contributed by atoms with van der Waals surface area (Å²) in [6.45, 7) is 0.210. The van der Waals surface area contributed by atoms with Crippen LogP contribution in [0.2, 0.25) is 0 Å². The van der Waals surface area contributed by atoms with E-state index in [2.05, 4.69) is 28.5 Å². The van der Waals surface area contributed by atoms with Gasteiger partial charge in [0.2, 0.25) is 6.79 Å². The summed E-state index contributed by atoms with van der Waals surface area (Å²) in [5, 5.41) is 4.44. The molecule has 126 valence electrons. The number of amides is 1. The monoisotopic (exact) mass is 334 g/mol. The number of H-pyrrole nitrogens is 1. The third-order valence-corrected chi connectivity index (χ3v) is 5.05. The van der Waals surface area contributed by atoms with Gasteiger partial charge in [-0.3, -0.25) is 4.79 Å². The molecule has 0 saturated heterocycles. The Bertz CT molecular complexity index is 976. The number of hydrogen-bond acceptors (Lipinski definition) is 3. The Balaban J connectivity index is 1.44. The first-order valence-electron chi connectivity index (χ1n) is 8.59. The fraction of sp³-hybridized carbons (Fsp3) is 0.250. The average molecular weight is 334 g/mol. The van der Waals surface area contributed by atoms with Gasteiger partial charge < -0.3 is 19.8 Å². The van der Waals surface area contributed by atoms with E-state index >= 15 is 0 Å². The number of carbonyl (C=O) groups is 1. The largest absolute Gasteiger partial charge is 0.454 e. The second kappa shape index (κ2) is 5.55. The van der Waals surface area contributed by atoms with Crippen LogP contribution in [0.25, 0.3) is 10.9 Å². The molecule has 0 unspecified atom stereocenters. The van der Waals surface area contributed by atoms with Crippen LogP contribution < -0.4 is 14.8 Å². The molecule has 2 aromatic carbocycles. The number of aromatic amines is 1. The smallest absolute Gasteiger partial charge is 0.251 e. The van der Waals surface area contributed by atoms with Gasteiger partial charge >= 0.3 is 0 Å². The molecule has 0 fully saturated rings. The van der Waals surface area contributed by atoms with E-state index in [0.717, 1.165) is 30.5 Å². The van der Waals surface area contributed by atoms with Crippen LogP contribution >= 0.6 is 0 Å². The minimum Gasteiger partial charge on any atom is -0.454 e. The molecule has 1 aliphatic heterocycles. The molecule has 0 bridgehead atoms. The zero-order chi connectivity index (χ0) is 16.8. The Labute approximate surface area is 144 Å². The number of benzene rings is 2. The maximum Gasteiger partial charge on any atom is 0.251 e. The van der Waals surface area contributed by atoms with Crippen LogP contribution in [-0.4, -0.2) is 17.7 Å². The van der Waals surface area contributed by atoms with E-state index in [4.69, 9.17) is 9.47 Å². The molecule has 0 spiro atoms. The lowest BCUT2D eigenvalue weighted by Crippen LogP contribution is -2.31. The van der Waals surface area contributed by atoms with Gasteiger partial charge in [-0.05, 0) is 49.1 Å². The highest BCUT2D eigenvalue weighted by atomic mass is 16.7. The van der Waals surface area contributed by atoms with Crippen LogP contribution in [0.1, 0.15) is 40.5 Å². The molecule has 1 aliphatic carbocycles. The molecule has 2 heterocycles. The van der Waals surface area contributed by atoms with Gasteiger partial charge in [0.1, 0.15) is 0 Å². The quantitative estimate of drug-likeness (QED) is 0.751. The summed E-state index contributed by atoms with van der Waals surface area (Å²) >= 11 is 0. The van der Waals surface area contributed by atoms with Crippen molar-refractivity contribution in [1.82, 2.24) is 10.3 Å². The molecule has 25 heavy (non-hydrogen) atoms. The number of carbonyl (C=O) groups excluding carboxylic acids is 1. The number of aryl methyl sites for hydroxylation is 1. The Kier molecular flexibility index (Phi) is 3.20. The van der Waals surface area contributed by atoms with Crippen LogP contribution in [0.3, 0.4) is 0 Å². The van der Waals surface area contributed by atoms with Crippen molar-refractivity contribution in [2.45, 2.75) is 25.3 Å². The first kappa shape index (κ1) is 14.4. The molecule has 5 heteroatoms. The van der Waals surface area contributed by atoms with Gasteiger partial charge in [0.05, 0.1) is 6.04 Å². The van der Waals surface area contributed by atoms with Crippen LogP contribution in [-0.2, 0) is 6.42 Å². The van der Waals surface area contributed by atoms with E-state index < -0.39 is 0 Å². The third kappa shape index (κ3) is 2.35. The highest BCUT2D eigenvalue weighted by molar-refractivity contribution is 5.95. The first-order chi connectivity index (χ1) is 12.3. The minimum atomic E-state index is -0.0881. The number of para-hydroxylation sites is 1. The van der Waals surface area contributed by atoms with E-state index in [1.807, 2.05) is 6.07 Å². The van der Waals surface area contributed by atoms with Crippen molar-refractivity contribution in [3.63, 3.8) is 0 Å². The summed E-state index contributed by atoms with van der Waals surface area (Å²) in [6, 6.07) is 13.6. The lowest BCUT2D eigenvalue weighted by atomic mass is 9.91. The second-order valence-corrected chi connectivity index (χ2v) is 6.55. The molecule has 3 aromatic rings. The summed E-state index contributed by atoms with van der Waals surface area (Å²) in [4.78, 5) is 16.2. The number of aromatic nitrogens is 1. The molecule has 5 rings (SSSR count). The van der Waals surface area contributed by atoms with Crippen molar-refractivity contribution in [2.75, 3.05) is 6.79 Å². The van der Waals surface area contributed by atoms with Crippen molar-refractivity contribution >= 4 is 16.8 Å². The summed E-state index contributed by atoms with van der Waals surface area (Å²) in [6.07, 6.45) is 3.06. The first-order valence-corrected chi connectivity index (χ1v) is 8.59. The number of fused-ring (bicyclic) bond motifs is 4. The molecular formula is C20H18N2O3. The second-order valence-electron chi connectivity index (χ2n) is 6.55. The Hall–Kier alpha value is -2.95. The van der Waals surface area contributed by atoms with Crippen molar-refractivity contribution in [1.29, 1.82) is 0 Å². The fourth-order valence-corrected chi connectivity index (χ4v) is 3.84. The number of ether oxygens (including phenoxy) is 2. The molecule has 1 amide bonds. The Morgan fingerprint density at radius 1 is 1.12 bits per heavy atom. The number of hydrogen-bond donors (Lipinski definition) is 2. The van der Waals surface area contributed by atoms with Gasteiger partial charge in [-0.25, -0.2) is 0 Å². The number of nitrogens with one attached hydrogen (secondary N) is 2. The standard InChI is InChI=1S/C20H18N2O3/c23-20(12-8-9-17-18(10-12)25-11-24-17)22-16-7-3-5-14-13-4-1-2-6-15(13)21-19(14)16/h1-2,4,6,8-10,16,21H,3,5,7,11H2,(H,22,23)/t16-/m1/s1. The van der Waals surface area contributed by atoms with E-state index in [1.165, 1.54) is 10.9 Å². The molecule has 0 radical (unpaired) electrons. The Morgan fingerprint density at radius 2 is 2.00 bits per heavy atom. The van der Waals surface area contributed by atoms with Crippen molar-refractivity contribution in [3.8, 4) is 11.5 Å². The van der Waals surface area contributed by atoms with Crippen LogP contribution in [0, 0.1) is 0 Å². The third-order valence-electron chi connectivity index (χ3n) is 5.05. The highest BCUT2D eigenvalue weighted by Gasteiger charge is 2.26. The van der Waals surface area contributed by atoms with E-state index in [9.17, 15) is 4.79 Å². The predicted octanol–water partition coefficient (Wildman–Crippen LogP) is 3.70. The van der Waals surface area contributed by atoms with E-state index in [-0.39, 0.29) is 18.7 Å². The fourth-order valence-electron chi connectivity index (χ4n) is 3.84. The molecule has 2 N–H and O–H groups in total. The summed E-state index contributed by atoms with van der Waals surface area (Å²) in [5.74, 6) is 1.23. The lowest BCUT2D eigenvalue weighted by molar-refractivity contribution is 0.0931. The molecule has 0 saturated carbocycles. The summed E-state index contributed by atoms with van der Waals surface area (Å²) in [5.41, 5.74) is 4.20. The maximum absolute atomic E-state index is 12.7. The molecule has 5 nitrogen and oxygen atoms in total. The normalized spacial score (nSPS) is 18.2. The van der Waals surface area contributed by atoms with Gasteiger partial charge in [0, 0.05) is 22.2 Å². The van der Waals surface area contributed by atoms with E-state index in [0.29, 0.717) is 17.1 Å². The zero-order valence-electron chi connectivity index (χ0n) is 13.7. The summed E-state index contributed by atoms with van der Waals surface area (Å²) < 4.78 is 10.7. The van der Waals surface area contributed by atoms with Crippen molar-refractivity contribution < 1.29 is 14.3 Å². The van der Waals surface area contributed by atoms with Crippen LogP contribution in [0.5, 0.6) is 11.5 Å².